The van der Waals surface area contributed by atoms with Crippen molar-refractivity contribution in [1.29, 1.82) is 0 Å². The molecule has 0 spiro atoms. The number of aliphatic carboxylic acids is 1. The summed E-state index contributed by atoms with van der Waals surface area (Å²) in [5.41, 5.74) is 0.908. The van der Waals surface area contributed by atoms with E-state index in [1.54, 1.807) is 0 Å². The largest absolute Gasteiger partial charge is 0.478 e. The van der Waals surface area contributed by atoms with Crippen molar-refractivity contribution in [2.75, 3.05) is 0 Å². The molecule has 0 heterocycles. The van der Waals surface area contributed by atoms with Gasteiger partial charge in [0.15, 0.2) is 0 Å². The SMILES string of the molecule is CC/C(=C\C12CC3CC(CC(C3)C1)C2)C(=O)O. The molecule has 0 atom stereocenters. The molecule has 0 aromatic heterocycles. The van der Waals surface area contributed by atoms with Crippen LogP contribution in [0, 0.1) is 23.2 Å². The van der Waals surface area contributed by atoms with Crippen LogP contribution < -0.4 is 0 Å². The van der Waals surface area contributed by atoms with Gasteiger partial charge in [-0.05, 0) is 68.1 Å². The third-order valence-corrected chi connectivity index (χ3v) is 5.22. The molecule has 4 aliphatic rings. The van der Waals surface area contributed by atoms with Crippen molar-refractivity contribution < 1.29 is 9.90 Å². The van der Waals surface area contributed by atoms with Gasteiger partial charge in [-0.1, -0.05) is 13.0 Å². The van der Waals surface area contributed by atoms with Crippen molar-refractivity contribution in [3.05, 3.63) is 11.6 Å². The lowest BCUT2D eigenvalue weighted by Crippen LogP contribution is -2.45. The van der Waals surface area contributed by atoms with E-state index in [9.17, 15) is 9.90 Å². The molecule has 1 N–H and O–H groups in total. The van der Waals surface area contributed by atoms with E-state index in [1.807, 2.05) is 6.92 Å². The number of hydrogen-bond acceptors (Lipinski definition) is 1. The maximum absolute atomic E-state index is 11.2. The highest BCUT2D eigenvalue weighted by molar-refractivity contribution is 5.86. The van der Waals surface area contributed by atoms with Crippen LogP contribution in [-0.2, 0) is 4.79 Å². The Kier molecular flexibility index (Phi) is 2.57. The Morgan fingerprint density at radius 2 is 1.65 bits per heavy atom. The Morgan fingerprint density at radius 3 is 2.00 bits per heavy atom. The van der Waals surface area contributed by atoms with Crippen LogP contribution in [0.1, 0.15) is 51.9 Å². The first-order chi connectivity index (χ1) is 8.10. The zero-order chi connectivity index (χ0) is 12.0. The Bertz CT molecular complexity index is 332. The van der Waals surface area contributed by atoms with Crippen molar-refractivity contribution in [3.8, 4) is 0 Å². The summed E-state index contributed by atoms with van der Waals surface area (Å²) in [5.74, 6) is 1.97. The lowest BCUT2D eigenvalue weighted by atomic mass is 9.49. The topological polar surface area (TPSA) is 37.3 Å². The van der Waals surface area contributed by atoms with E-state index >= 15 is 0 Å². The fraction of sp³-hybridized carbons (Fsp3) is 0.800. The molecule has 0 saturated heterocycles. The Labute approximate surface area is 103 Å². The molecule has 0 aromatic carbocycles. The van der Waals surface area contributed by atoms with E-state index in [1.165, 1.54) is 38.5 Å². The molecule has 0 amide bonds. The highest BCUT2D eigenvalue weighted by Crippen LogP contribution is 2.60. The van der Waals surface area contributed by atoms with Crippen LogP contribution in [0.4, 0.5) is 0 Å². The van der Waals surface area contributed by atoms with Gasteiger partial charge in [-0.25, -0.2) is 4.79 Å². The van der Waals surface area contributed by atoms with Crippen LogP contribution in [0.3, 0.4) is 0 Å². The molecule has 0 aliphatic heterocycles. The van der Waals surface area contributed by atoms with Crippen LogP contribution in [0.25, 0.3) is 0 Å². The fourth-order valence-corrected chi connectivity index (χ4v) is 5.04. The van der Waals surface area contributed by atoms with Gasteiger partial charge >= 0.3 is 5.97 Å². The molecule has 0 unspecified atom stereocenters. The molecular formula is C15H22O2. The van der Waals surface area contributed by atoms with Crippen LogP contribution in [0.2, 0.25) is 0 Å². The average molecular weight is 234 g/mol. The first kappa shape index (κ1) is 11.3. The summed E-state index contributed by atoms with van der Waals surface area (Å²) >= 11 is 0. The quantitative estimate of drug-likeness (QED) is 0.757. The summed E-state index contributed by atoms with van der Waals surface area (Å²) in [6, 6.07) is 0. The van der Waals surface area contributed by atoms with Crippen molar-refractivity contribution >= 4 is 5.97 Å². The second-order valence-electron chi connectivity index (χ2n) is 6.61. The minimum Gasteiger partial charge on any atom is -0.478 e. The smallest absolute Gasteiger partial charge is 0.331 e. The lowest BCUT2D eigenvalue weighted by Gasteiger charge is -2.56. The molecule has 2 nitrogen and oxygen atoms in total. The van der Waals surface area contributed by atoms with Gasteiger partial charge in [-0.2, -0.15) is 0 Å². The predicted octanol–water partition coefficient (Wildman–Crippen LogP) is 3.62. The zero-order valence-electron chi connectivity index (χ0n) is 10.6. The minimum absolute atomic E-state index is 0.262. The first-order valence-corrected chi connectivity index (χ1v) is 7.05. The molecule has 4 rings (SSSR count). The molecule has 4 saturated carbocycles. The number of hydrogen-bond donors (Lipinski definition) is 1. The summed E-state index contributed by atoms with van der Waals surface area (Å²) in [4.78, 5) is 11.2. The Hall–Kier alpha value is -0.790. The third-order valence-electron chi connectivity index (χ3n) is 5.22. The Morgan fingerprint density at radius 1 is 1.18 bits per heavy atom. The summed E-state index contributed by atoms with van der Waals surface area (Å²) in [6.07, 6.45) is 10.9. The van der Waals surface area contributed by atoms with Crippen molar-refractivity contribution in [1.82, 2.24) is 0 Å². The summed E-state index contributed by atoms with van der Waals surface area (Å²) in [5, 5.41) is 9.21. The number of rotatable bonds is 3. The molecule has 94 valence electrons. The average Bonchev–Trinajstić information content (AvgIpc) is 2.23. The van der Waals surface area contributed by atoms with Gasteiger partial charge in [0.1, 0.15) is 0 Å². The van der Waals surface area contributed by atoms with Gasteiger partial charge in [-0.3, -0.25) is 0 Å². The maximum Gasteiger partial charge on any atom is 0.331 e. The van der Waals surface area contributed by atoms with Crippen molar-refractivity contribution in [2.45, 2.75) is 51.9 Å². The van der Waals surface area contributed by atoms with E-state index in [0.29, 0.717) is 12.0 Å². The second-order valence-corrected chi connectivity index (χ2v) is 6.61. The number of carboxylic acids is 1. The zero-order valence-corrected chi connectivity index (χ0v) is 10.6. The molecule has 4 bridgehead atoms. The van der Waals surface area contributed by atoms with Gasteiger partial charge in [0, 0.05) is 5.57 Å². The van der Waals surface area contributed by atoms with Gasteiger partial charge < -0.3 is 5.11 Å². The maximum atomic E-state index is 11.2. The molecule has 4 fully saturated rings. The molecular weight excluding hydrogens is 212 g/mol. The van der Waals surface area contributed by atoms with Crippen LogP contribution in [0.5, 0.6) is 0 Å². The van der Waals surface area contributed by atoms with Crippen LogP contribution >= 0.6 is 0 Å². The standard InChI is InChI=1S/C15H22O2/c1-2-13(14(16)17)9-15-6-10-3-11(7-15)5-12(4-10)8-15/h9-12H,2-8H2,1H3,(H,16,17)/b13-9+. The van der Waals surface area contributed by atoms with E-state index < -0.39 is 5.97 Å². The molecule has 17 heavy (non-hydrogen) atoms. The van der Waals surface area contributed by atoms with E-state index in [-0.39, 0.29) is 5.41 Å². The van der Waals surface area contributed by atoms with Gasteiger partial charge in [0.05, 0.1) is 0 Å². The third kappa shape index (κ3) is 1.92. The van der Waals surface area contributed by atoms with Crippen molar-refractivity contribution in [3.63, 3.8) is 0 Å². The normalized spacial score (nSPS) is 44.1. The van der Waals surface area contributed by atoms with E-state index in [2.05, 4.69) is 6.08 Å². The minimum atomic E-state index is -0.705. The summed E-state index contributed by atoms with van der Waals surface area (Å²) in [6.45, 7) is 1.96. The fourth-order valence-electron chi connectivity index (χ4n) is 5.04. The Balaban J connectivity index is 1.89. The second kappa shape index (κ2) is 3.86. The highest BCUT2D eigenvalue weighted by atomic mass is 16.4. The lowest BCUT2D eigenvalue weighted by molar-refractivity contribution is -0.133. The van der Waals surface area contributed by atoms with Crippen LogP contribution in [0.15, 0.2) is 11.6 Å². The van der Waals surface area contributed by atoms with E-state index in [0.717, 1.165) is 17.8 Å². The number of carboxylic acid groups (broad SMARTS) is 1. The summed E-state index contributed by atoms with van der Waals surface area (Å²) < 4.78 is 0. The van der Waals surface area contributed by atoms with E-state index in [4.69, 9.17) is 0 Å². The number of carbonyl (C=O) groups is 1. The number of allylic oxidation sites excluding steroid dienone is 1. The van der Waals surface area contributed by atoms with Gasteiger partial charge in [0.2, 0.25) is 0 Å². The van der Waals surface area contributed by atoms with Gasteiger partial charge in [-0.15, -0.1) is 0 Å². The monoisotopic (exact) mass is 234 g/mol. The first-order valence-electron chi connectivity index (χ1n) is 7.05. The molecule has 0 radical (unpaired) electrons. The van der Waals surface area contributed by atoms with Crippen LogP contribution in [-0.4, -0.2) is 11.1 Å². The van der Waals surface area contributed by atoms with Gasteiger partial charge in [0.25, 0.3) is 0 Å². The summed E-state index contributed by atoms with van der Waals surface area (Å²) in [7, 11) is 0. The highest BCUT2D eigenvalue weighted by Gasteiger charge is 2.49. The van der Waals surface area contributed by atoms with Crippen molar-refractivity contribution in [2.24, 2.45) is 23.2 Å². The molecule has 0 aromatic rings. The molecule has 4 aliphatic carbocycles. The predicted molar refractivity (Wildman–Crippen MR) is 66.6 cm³/mol. The molecule has 2 heteroatoms.